The number of fused-ring (bicyclic) bond motifs is 2. The van der Waals surface area contributed by atoms with Crippen LogP contribution in [0.3, 0.4) is 0 Å². The van der Waals surface area contributed by atoms with Gasteiger partial charge in [-0.3, -0.25) is 4.79 Å². The van der Waals surface area contributed by atoms with E-state index in [2.05, 4.69) is 6.92 Å². The topological polar surface area (TPSA) is 20.3 Å². The van der Waals surface area contributed by atoms with Crippen molar-refractivity contribution in [1.29, 1.82) is 0 Å². The molecule has 2 aliphatic heterocycles. The lowest BCUT2D eigenvalue weighted by atomic mass is 9.75. The Morgan fingerprint density at radius 2 is 1.90 bits per heavy atom. The van der Waals surface area contributed by atoms with Gasteiger partial charge >= 0.3 is 0 Å². The van der Waals surface area contributed by atoms with Crippen LogP contribution < -0.4 is 0 Å². The Morgan fingerprint density at radius 1 is 1.30 bits per heavy atom. The van der Waals surface area contributed by atoms with Gasteiger partial charge in [0.25, 0.3) is 0 Å². The summed E-state index contributed by atoms with van der Waals surface area (Å²) < 4.78 is 0. The Kier molecular flexibility index (Phi) is 1.22. The molecule has 0 aromatic rings. The van der Waals surface area contributed by atoms with Gasteiger partial charge in [0.2, 0.25) is 6.41 Å². The summed E-state index contributed by atoms with van der Waals surface area (Å²) in [6.07, 6.45) is 4.75. The average molecular weight is 139 g/mol. The van der Waals surface area contributed by atoms with E-state index >= 15 is 0 Å². The minimum atomic E-state index is 0.603. The van der Waals surface area contributed by atoms with Crippen LogP contribution in [0.25, 0.3) is 0 Å². The summed E-state index contributed by atoms with van der Waals surface area (Å²) in [6.45, 7) is 2.28. The van der Waals surface area contributed by atoms with Gasteiger partial charge in [-0.25, -0.2) is 0 Å². The molecule has 1 amide bonds. The zero-order chi connectivity index (χ0) is 7.14. The third-order valence-electron chi connectivity index (χ3n) is 2.86. The number of carbonyl (C=O) groups excluding carboxylic acids is 1. The molecule has 1 unspecified atom stereocenters. The smallest absolute Gasteiger partial charge is 0.210 e. The van der Waals surface area contributed by atoms with Gasteiger partial charge in [-0.05, 0) is 25.2 Å². The molecule has 2 bridgehead atoms. The second-order valence-electron chi connectivity index (χ2n) is 3.67. The predicted molar refractivity (Wildman–Crippen MR) is 38.5 cm³/mol. The summed E-state index contributed by atoms with van der Waals surface area (Å²) in [4.78, 5) is 12.4. The van der Waals surface area contributed by atoms with Crippen LogP contribution in [0.5, 0.6) is 0 Å². The maximum absolute atomic E-state index is 10.4. The molecule has 2 heterocycles. The highest BCUT2D eigenvalue weighted by Gasteiger charge is 2.42. The average Bonchev–Trinajstić information content (AvgIpc) is 1.87. The minimum absolute atomic E-state index is 0.603. The summed E-state index contributed by atoms with van der Waals surface area (Å²) in [7, 11) is 0. The molecular formula is C8H13NO. The van der Waals surface area contributed by atoms with E-state index in [1.165, 1.54) is 19.3 Å². The Bertz CT molecular complexity index is 145. The number of amides is 1. The third-order valence-corrected chi connectivity index (χ3v) is 2.86. The molecule has 10 heavy (non-hydrogen) atoms. The van der Waals surface area contributed by atoms with Crippen molar-refractivity contribution in [3.63, 3.8) is 0 Å². The fourth-order valence-corrected chi connectivity index (χ4v) is 2.35. The van der Waals surface area contributed by atoms with Crippen LogP contribution >= 0.6 is 0 Å². The van der Waals surface area contributed by atoms with Crippen molar-refractivity contribution in [3.8, 4) is 0 Å². The normalized spacial score (nSPS) is 44.5. The number of hydrogen-bond acceptors (Lipinski definition) is 1. The first-order chi connectivity index (χ1) is 4.81. The molecule has 0 radical (unpaired) electrons. The molecule has 0 spiro atoms. The first-order valence-electron chi connectivity index (χ1n) is 4.04. The van der Waals surface area contributed by atoms with Gasteiger partial charge in [0.05, 0.1) is 0 Å². The lowest BCUT2D eigenvalue weighted by Crippen LogP contribution is -2.59. The zero-order valence-electron chi connectivity index (χ0n) is 6.29. The van der Waals surface area contributed by atoms with Crippen LogP contribution in [0, 0.1) is 5.92 Å². The molecule has 3 fully saturated rings. The molecule has 56 valence electrons. The fraction of sp³-hybridized carbons (Fsp3) is 0.875. The van der Waals surface area contributed by atoms with Crippen molar-refractivity contribution >= 4 is 6.41 Å². The predicted octanol–water partition coefficient (Wildman–Crippen LogP) is 1.02. The van der Waals surface area contributed by atoms with E-state index in [-0.39, 0.29) is 0 Å². The van der Waals surface area contributed by atoms with Crippen molar-refractivity contribution in [2.75, 3.05) is 0 Å². The second-order valence-corrected chi connectivity index (χ2v) is 3.67. The molecular weight excluding hydrogens is 126 g/mol. The fourth-order valence-electron chi connectivity index (χ4n) is 2.35. The quantitative estimate of drug-likeness (QED) is 0.496. The number of piperidine rings is 1. The third kappa shape index (κ3) is 0.678. The van der Waals surface area contributed by atoms with Crippen molar-refractivity contribution in [2.24, 2.45) is 5.92 Å². The van der Waals surface area contributed by atoms with Gasteiger partial charge in [-0.1, -0.05) is 6.92 Å². The highest BCUT2D eigenvalue weighted by atomic mass is 16.1. The van der Waals surface area contributed by atoms with Crippen LogP contribution in [-0.2, 0) is 4.79 Å². The molecule has 2 saturated heterocycles. The summed E-state index contributed by atoms with van der Waals surface area (Å²) in [6, 6.07) is 1.21. The van der Waals surface area contributed by atoms with Crippen LogP contribution in [0.4, 0.5) is 0 Å². The molecule has 0 N–H and O–H groups in total. The van der Waals surface area contributed by atoms with Crippen LogP contribution in [0.15, 0.2) is 0 Å². The largest absolute Gasteiger partial charge is 0.339 e. The number of nitrogens with zero attached hydrogens (tertiary/aromatic N) is 1. The van der Waals surface area contributed by atoms with Crippen molar-refractivity contribution in [1.82, 2.24) is 4.90 Å². The van der Waals surface area contributed by atoms with E-state index in [1.807, 2.05) is 4.90 Å². The van der Waals surface area contributed by atoms with Crippen molar-refractivity contribution < 1.29 is 4.79 Å². The van der Waals surface area contributed by atoms with Crippen LogP contribution in [0.1, 0.15) is 26.2 Å². The Labute approximate surface area is 61.2 Å². The monoisotopic (exact) mass is 139 g/mol. The first kappa shape index (κ1) is 6.20. The summed E-state index contributed by atoms with van der Waals surface area (Å²) in [5, 5.41) is 0. The van der Waals surface area contributed by atoms with Gasteiger partial charge in [-0.15, -0.1) is 0 Å². The molecule has 3 rings (SSSR count). The Balaban J connectivity index is 2.02. The SMILES string of the molecule is CC1C[C@@H]2C[C@H](C1)N2C=O. The molecule has 0 aromatic heterocycles. The van der Waals surface area contributed by atoms with Crippen LogP contribution in [-0.4, -0.2) is 23.4 Å². The summed E-state index contributed by atoms with van der Waals surface area (Å²) in [5.41, 5.74) is 0. The maximum atomic E-state index is 10.4. The van der Waals surface area contributed by atoms with Gasteiger partial charge in [0.15, 0.2) is 0 Å². The van der Waals surface area contributed by atoms with E-state index in [4.69, 9.17) is 0 Å². The Morgan fingerprint density at radius 3 is 2.40 bits per heavy atom. The lowest BCUT2D eigenvalue weighted by Gasteiger charge is -2.53. The molecule has 2 heteroatoms. The zero-order valence-corrected chi connectivity index (χ0v) is 6.29. The van der Waals surface area contributed by atoms with Gasteiger partial charge in [0, 0.05) is 12.1 Å². The van der Waals surface area contributed by atoms with Crippen molar-refractivity contribution in [3.05, 3.63) is 0 Å². The summed E-state index contributed by atoms with van der Waals surface area (Å²) in [5.74, 6) is 0.847. The van der Waals surface area contributed by atoms with E-state index in [9.17, 15) is 4.79 Å². The highest BCUT2D eigenvalue weighted by Crippen LogP contribution is 2.39. The second kappa shape index (κ2) is 1.97. The van der Waals surface area contributed by atoms with E-state index in [0.29, 0.717) is 12.1 Å². The minimum Gasteiger partial charge on any atom is -0.339 e. The highest BCUT2D eigenvalue weighted by molar-refractivity contribution is 5.51. The van der Waals surface area contributed by atoms with Gasteiger partial charge in [0.1, 0.15) is 0 Å². The molecule has 2 nitrogen and oxygen atoms in total. The standard InChI is InChI=1S/C8H13NO/c1-6-2-7-4-8(3-6)9(7)5-10/h5-8H,2-4H2,1H3/t6?,7-,8+. The van der Waals surface area contributed by atoms with E-state index < -0.39 is 0 Å². The molecule has 1 saturated carbocycles. The van der Waals surface area contributed by atoms with Gasteiger partial charge < -0.3 is 4.90 Å². The van der Waals surface area contributed by atoms with Crippen molar-refractivity contribution in [2.45, 2.75) is 38.3 Å². The van der Waals surface area contributed by atoms with Crippen LogP contribution in [0.2, 0.25) is 0 Å². The number of hydrogen-bond donors (Lipinski definition) is 0. The van der Waals surface area contributed by atoms with E-state index in [1.54, 1.807) is 0 Å². The van der Waals surface area contributed by atoms with E-state index in [0.717, 1.165) is 12.3 Å². The molecule has 3 atom stereocenters. The Hall–Kier alpha value is -0.530. The van der Waals surface area contributed by atoms with Gasteiger partial charge in [-0.2, -0.15) is 0 Å². The molecule has 0 aromatic carbocycles. The first-order valence-corrected chi connectivity index (χ1v) is 4.04. The summed E-state index contributed by atoms with van der Waals surface area (Å²) >= 11 is 0. The number of carbonyl (C=O) groups is 1. The molecule has 3 aliphatic rings. The lowest BCUT2D eigenvalue weighted by molar-refractivity contribution is -0.136. The number of rotatable bonds is 1. The molecule has 1 aliphatic carbocycles. The maximum Gasteiger partial charge on any atom is 0.210 e.